The van der Waals surface area contributed by atoms with Crippen LogP contribution in [-0.4, -0.2) is 15.2 Å². The van der Waals surface area contributed by atoms with Crippen LogP contribution in [0.2, 0.25) is 0 Å². The van der Waals surface area contributed by atoms with E-state index in [1.54, 1.807) is 41.5 Å². The SMILES string of the molecule is CC(C)(C)P(=O)(O)C(C)(C)C.[Pd]. The molecule has 0 aromatic carbocycles. The van der Waals surface area contributed by atoms with E-state index in [1.165, 1.54) is 0 Å². The summed E-state index contributed by atoms with van der Waals surface area (Å²) in [5, 5.41) is -1.02. The molecule has 12 heavy (non-hydrogen) atoms. The van der Waals surface area contributed by atoms with Crippen molar-refractivity contribution < 1.29 is 29.9 Å². The summed E-state index contributed by atoms with van der Waals surface area (Å²) in [6, 6.07) is 0. The molecular weight excluding hydrogens is 265 g/mol. The second kappa shape index (κ2) is 3.93. The van der Waals surface area contributed by atoms with Gasteiger partial charge in [-0.25, -0.2) is 0 Å². The van der Waals surface area contributed by atoms with E-state index in [1.807, 2.05) is 0 Å². The summed E-state index contributed by atoms with van der Waals surface area (Å²) < 4.78 is 11.8. The molecule has 0 saturated carbocycles. The van der Waals surface area contributed by atoms with E-state index >= 15 is 0 Å². The molecule has 0 aromatic heterocycles. The van der Waals surface area contributed by atoms with Crippen molar-refractivity contribution in [2.45, 2.75) is 51.9 Å². The summed E-state index contributed by atoms with van der Waals surface area (Å²) in [4.78, 5) is 9.74. The molecule has 0 aromatic rings. The molecule has 0 aliphatic rings. The van der Waals surface area contributed by atoms with Gasteiger partial charge in [-0.15, -0.1) is 0 Å². The van der Waals surface area contributed by atoms with Gasteiger partial charge in [-0.1, -0.05) is 41.5 Å². The van der Waals surface area contributed by atoms with Gasteiger partial charge < -0.3 is 4.89 Å². The summed E-state index contributed by atoms with van der Waals surface area (Å²) >= 11 is 0. The Morgan fingerprint density at radius 1 is 0.917 bits per heavy atom. The van der Waals surface area contributed by atoms with Crippen LogP contribution in [0.25, 0.3) is 0 Å². The fourth-order valence-corrected chi connectivity index (χ4v) is 3.02. The minimum atomic E-state index is -3.06. The van der Waals surface area contributed by atoms with Crippen molar-refractivity contribution in [3.8, 4) is 0 Å². The van der Waals surface area contributed by atoms with Crippen LogP contribution in [0.3, 0.4) is 0 Å². The van der Waals surface area contributed by atoms with Gasteiger partial charge in [0, 0.05) is 30.7 Å². The molecule has 0 aliphatic heterocycles. The molecule has 4 heteroatoms. The molecule has 0 unspecified atom stereocenters. The zero-order valence-corrected chi connectivity index (χ0v) is 11.1. The van der Waals surface area contributed by atoms with Gasteiger partial charge in [0.05, 0.1) is 0 Å². The third kappa shape index (κ3) is 2.96. The Balaban J connectivity index is 0. The summed E-state index contributed by atoms with van der Waals surface area (Å²) in [7, 11) is -3.06. The van der Waals surface area contributed by atoms with E-state index in [-0.39, 0.29) is 20.4 Å². The third-order valence-electron chi connectivity index (χ3n) is 1.82. The first kappa shape index (κ1) is 15.3. The Bertz CT molecular complexity index is 170. The predicted octanol–water partition coefficient (Wildman–Crippen LogP) is 2.85. The molecule has 0 saturated heterocycles. The van der Waals surface area contributed by atoms with Crippen molar-refractivity contribution in [2.75, 3.05) is 0 Å². The summed E-state index contributed by atoms with van der Waals surface area (Å²) in [6.45, 7) is 10.8. The first-order valence-electron chi connectivity index (χ1n) is 3.83. The quantitative estimate of drug-likeness (QED) is 0.549. The molecule has 0 aliphatic carbocycles. The molecule has 1 N–H and O–H groups in total. The monoisotopic (exact) mass is 284 g/mol. The Labute approximate surface area is 89.2 Å². The predicted molar refractivity (Wildman–Crippen MR) is 49.3 cm³/mol. The van der Waals surface area contributed by atoms with E-state index in [4.69, 9.17) is 0 Å². The average molecular weight is 285 g/mol. The number of hydrogen-bond acceptors (Lipinski definition) is 1. The van der Waals surface area contributed by atoms with Gasteiger partial charge in [0.25, 0.3) is 0 Å². The zero-order valence-electron chi connectivity index (χ0n) is 8.62. The largest absolute Gasteiger partial charge is 0.344 e. The van der Waals surface area contributed by atoms with Crippen LogP contribution in [0.15, 0.2) is 0 Å². The fourth-order valence-electron chi connectivity index (χ4n) is 1.01. The van der Waals surface area contributed by atoms with Crippen molar-refractivity contribution in [3.63, 3.8) is 0 Å². The Morgan fingerprint density at radius 3 is 1.08 bits per heavy atom. The second-order valence-electron chi connectivity index (χ2n) is 4.92. The standard InChI is InChI=1S/C8H19O2P.Pd/c1-7(2,3)11(9,10)8(4,5)6;/h1-6H3,(H,9,10);. The molecule has 0 radical (unpaired) electrons. The molecule has 0 rings (SSSR count). The van der Waals surface area contributed by atoms with Gasteiger partial charge in [0.15, 0.2) is 0 Å². The van der Waals surface area contributed by atoms with Gasteiger partial charge in [-0.2, -0.15) is 0 Å². The van der Waals surface area contributed by atoms with Gasteiger partial charge in [0.1, 0.15) is 0 Å². The van der Waals surface area contributed by atoms with Crippen LogP contribution in [-0.2, 0) is 25.0 Å². The maximum Gasteiger partial charge on any atom is 0.210 e. The van der Waals surface area contributed by atoms with Crippen LogP contribution in [0.5, 0.6) is 0 Å². The average Bonchev–Trinajstić information content (AvgIpc) is 1.58. The molecule has 0 fully saturated rings. The fraction of sp³-hybridized carbons (Fsp3) is 1.00. The van der Waals surface area contributed by atoms with Crippen molar-refractivity contribution >= 4 is 7.37 Å². The zero-order chi connectivity index (χ0) is 9.50. The van der Waals surface area contributed by atoms with Crippen LogP contribution in [0.1, 0.15) is 41.5 Å². The van der Waals surface area contributed by atoms with E-state index in [0.29, 0.717) is 0 Å². The molecule has 0 atom stereocenters. The summed E-state index contributed by atoms with van der Waals surface area (Å²) in [5.41, 5.74) is 0. The minimum Gasteiger partial charge on any atom is -0.344 e. The van der Waals surface area contributed by atoms with Gasteiger partial charge in [-0.3, -0.25) is 4.57 Å². The number of rotatable bonds is 0. The van der Waals surface area contributed by atoms with Gasteiger partial charge >= 0.3 is 0 Å². The van der Waals surface area contributed by atoms with Gasteiger partial charge in [0.2, 0.25) is 7.37 Å². The maximum absolute atomic E-state index is 11.8. The normalized spacial score (nSPS) is 13.9. The smallest absolute Gasteiger partial charge is 0.210 e. The van der Waals surface area contributed by atoms with Crippen molar-refractivity contribution in [3.05, 3.63) is 0 Å². The number of hydrogen-bond donors (Lipinski definition) is 1. The van der Waals surface area contributed by atoms with Crippen molar-refractivity contribution in [2.24, 2.45) is 0 Å². The van der Waals surface area contributed by atoms with Crippen molar-refractivity contribution in [1.29, 1.82) is 0 Å². The van der Waals surface area contributed by atoms with E-state index in [9.17, 15) is 9.46 Å². The summed E-state index contributed by atoms with van der Waals surface area (Å²) in [5.74, 6) is 0. The molecule has 0 spiro atoms. The van der Waals surface area contributed by atoms with Crippen LogP contribution < -0.4 is 0 Å². The topological polar surface area (TPSA) is 37.3 Å². The van der Waals surface area contributed by atoms with Crippen LogP contribution in [0.4, 0.5) is 0 Å². The molecule has 0 heterocycles. The van der Waals surface area contributed by atoms with Crippen molar-refractivity contribution in [1.82, 2.24) is 0 Å². The molecular formula is C8H19O2PPd. The first-order valence-corrected chi connectivity index (χ1v) is 5.49. The molecule has 0 bridgehead atoms. The Kier molecular flexibility index (Phi) is 5.02. The maximum atomic E-state index is 11.8. The molecule has 78 valence electrons. The molecule has 2 nitrogen and oxygen atoms in total. The van der Waals surface area contributed by atoms with Gasteiger partial charge in [-0.05, 0) is 0 Å². The Morgan fingerprint density at radius 2 is 1.08 bits per heavy atom. The van der Waals surface area contributed by atoms with E-state index < -0.39 is 17.7 Å². The van der Waals surface area contributed by atoms with E-state index in [0.717, 1.165) is 0 Å². The van der Waals surface area contributed by atoms with Crippen LogP contribution >= 0.6 is 7.37 Å². The van der Waals surface area contributed by atoms with Crippen LogP contribution in [0, 0.1) is 0 Å². The van der Waals surface area contributed by atoms with E-state index in [2.05, 4.69) is 0 Å². The Hall–Kier alpha value is 0.852. The summed E-state index contributed by atoms with van der Waals surface area (Å²) in [6.07, 6.45) is 0. The third-order valence-corrected chi connectivity index (χ3v) is 5.46. The minimum absolute atomic E-state index is 0. The second-order valence-corrected chi connectivity index (χ2v) is 8.75. The first-order chi connectivity index (χ1) is 4.50. The molecule has 0 amide bonds.